The number of H-pyrrole nitrogens is 1. The smallest absolute Gasteiger partial charge is 0.321 e. The number of hydrogen-bond acceptors (Lipinski definition) is 3. The van der Waals surface area contributed by atoms with E-state index in [0.717, 1.165) is 5.69 Å². The van der Waals surface area contributed by atoms with Crippen molar-refractivity contribution in [2.45, 2.75) is 12.5 Å². The molecule has 1 rings (SSSR count). The first-order chi connectivity index (χ1) is 5.74. The zero-order valence-corrected chi connectivity index (χ0v) is 6.74. The molecule has 0 aliphatic carbocycles. The van der Waals surface area contributed by atoms with Crippen molar-refractivity contribution >= 4 is 5.97 Å². The summed E-state index contributed by atoms with van der Waals surface area (Å²) in [5.74, 6) is -0.855. The molecule has 0 radical (unpaired) electrons. The van der Waals surface area contributed by atoms with Crippen LogP contribution in [0.1, 0.15) is 5.69 Å². The minimum atomic E-state index is -0.855. The maximum atomic E-state index is 10.6. The fourth-order valence-electron chi connectivity index (χ4n) is 0.931. The molecule has 0 aliphatic rings. The van der Waals surface area contributed by atoms with Crippen molar-refractivity contribution in [1.82, 2.24) is 15.5 Å². The number of rotatable bonds is 4. The van der Waals surface area contributed by atoms with Gasteiger partial charge >= 0.3 is 5.97 Å². The molecule has 0 saturated heterocycles. The quantitative estimate of drug-likeness (QED) is 0.574. The summed E-state index contributed by atoms with van der Waals surface area (Å²) in [7, 11) is 1.62. The SMILES string of the molecule is CN[C@@H](Cc1ccn[nH]1)C(=O)O. The summed E-state index contributed by atoms with van der Waals surface area (Å²) in [6.45, 7) is 0. The van der Waals surface area contributed by atoms with Gasteiger partial charge in [-0.05, 0) is 13.1 Å². The zero-order chi connectivity index (χ0) is 8.97. The number of carboxylic acid groups (broad SMARTS) is 1. The monoisotopic (exact) mass is 169 g/mol. The minimum absolute atomic E-state index is 0.422. The number of aromatic amines is 1. The highest BCUT2D eigenvalue weighted by atomic mass is 16.4. The van der Waals surface area contributed by atoms with E-state index in [-0.39, 0.29) is 0 Å². The lowest BCUT2D eigenvalue weighted by molar-refractivity contribution is -0.139. The molecule has 1 heterocycles. The van der Waals surface area contributed by atoms with E-state index in [4.69, 9.17) is 5.11 Å². The van der Waals surface area contributed by atoms with E-state index in [1.807, 2.05) is 0 Å². The van der Waals surface area contributed by atoms with Gasteiger partial charge in [-0.2, -0.15) is 5.10 Å². The second-order valence-electron chi connectivity index (χ2n) is 2.47. The van der Waals surface area contributed by atoms with Gasteiger partial charge in [0.15, 0.2) is 0 Å². The van der Waals surface area contributed by atoms with E-state index in [9.17, 15) is 4.79 Å². The van der Waals surface area contributed by atoms with Crippen molar-refractivity contribution in [2.75, 3.05) is 7.05 Å². The Bertz CT molecular complexity index is 245. The largest absolute Gasteiger partial charge is 0.480 e. The lowest BCUT2D eigenvalue weighted by atomic mass is 10.1. The minimum Gasteiger partial charge on any atom is -0.480 e. The van der Waals surface area contributed by atoms with Crippen LogP contribution in [0.15, 0.2) is 12.3 Å². The average molecular weight is 169 g/mol. The normalized spacial score (nSPS) is 12.8. The Balaban J connectivity index is 2.54. The molecule has 0 fully saturated rings. The second-order valence-corrected chi connectivity index (χ2v) is 2.47. The van der Waals surface area contributed by atoms with E-state index < -0.39 is 12.0 Å². The van der Waals surface area contributed by atoms with Crippen LogP contribution in [-0.2, 0) is 11.2 Å². The summed E-state index contributed by atoms with van der Waals surface area (Å²) < 4.78 is 0. The van der Waals surface area contributed by atoms with Gasteiger partial charge in [0.25, 0.3) is 0 Å². The number of carboxylic acids is 1. The molecule has 1 aromatic rings. The first-order valence-electron chi connectivity index (χ1n) is 3.62. The number of aromatic nitrogens is 2. The predicted octanol–water partition coefficient (Wildman–Crippen LogP) is -0.375. The van der Waals surface area contributed by atoms with Crippen molar-refractivity contribution in [3.8, 4) is 0 Å². The summed E-state index contributed by atoms with van der Waals surface area (Å²) in [4.78, 5) is 10.6. The number of nitrogens with zero attached hydrogens (tertiary/aromatic N) is 1. The van der Waals surface area contributed by atoms with Gasteiger partial charge in [0, 0.05) is 18.3 Å². The molecule has 5 heteroatoms. The molecule has 1 atom stereocenters. The average Bonchev–Trinajstić information content (AvgIpc) is 2.51. The van der Waals surface area contributed by atoms with Gasteiger partial charge in [-0.25, -0.2) is 0 Å². The first kappa shape index (κ1) is 8.73. The molecule has 0 amide bonds. The third-order valence-corrected chi connectivity index (χ3v) is 1.63. The van der Waals surface area contributed by atoms with Gasteiger partial charge in [0.05, 0.1) is 0 Å². The molecule has 0 unspecified atom stereocenters. The van der Waals surface area contributed by atoms with Crippen LogP contribution in [0.2, 0.25) is 0 Å². The third-order valence-electron chi connectivity index (χ3n) is 1.63. The topological polar surface area (TPSA) is 78.0 Å². The Morgan fingerprint density at radius 2 is 2.67 bits per heavy atom. The highest BCUT2D eigenvalue weighted by Crippen LogP contribution is 1.97. The first-order valence-corrected chi connectivity index (χ1v) is 3.62. The van der Waals surface area contributed by atoms with Crippen molar-refractivity contribution in [2.24, 2.45) is 0 Å². The number of likely N-dealkylation sites (N-methyl/N-ethyl adjacent to an activating group) is 1. The number of aliphatic carboxylic acids is 1. The standard InChI is InChI=1S/C7H11N3O2/c1-8-6(7(11)12)4-5-2-3-9-10-5/h2-3,6,8H,4H2,1H3,(H,9,10)(H,11,12)/t6-/m0/s1. The van der Waals surface area contributed by atoms with Crippen LogP contribution in [0.25, 0.3) is 0 Å². The number of hydrogen-bond donors (Lipinski definition) is 3. The van der Waals surface area contributed by atoms with Gasteiger partial charge in [-0.3, -0.25) is 9.89 Å². The summed E-state index contributed by atoms with van der Waals surface area (Å²) >= 11 is 0. The maximum Gasteiger partial charge on any atom is 0.321 e. The molecular formula is C7H11N3O2. The van der Waals surface area contributed by atoms with Gasteiger partial charge < -0.3 is 10.4 Å². The Labute approximate surface area is 69.8 Å². The molecule has 12 heavy (non-hydrogen) atoms. The zero-order valence-electron chi connectivity index (χ0n) is 6.74. The summed E-state index contributed by atoms with van der Waals surface area (Å²) in [6.07, 6.45) is 2.02. The van der Waals surface area contributed by atoms with E-state index in [2.05, 4.69) is 15.5 Å². The summed E-state index contributed by atoms with van der Waals surface area (Å²) in [5, 5.41) is 17.8. The van der Waals surface area contributed by atoms with Crippen LogP contribution < -0.4 is 5.32 Å². The molecule has 3 N–H and O–H groups in total. The van der Waals surface area contributed by atoms with Crippen LogP contribution in [0, 0.1) is 0 Å². The Hall–Kier alpha value is -1.36. The molecule has 0 spiro atoms. The summed E-state index contributed by atoms with van der Waals surface area (Å²) in [6, 6.07) is 1.21. The number of nitrogens with one attached hydrogen (secondary N) is 2. The van der Waals surface area contributed by atoms with E-state index in [0.29, 0.717) is 6.42 Å². The van der Waals surface area contributed by atoms with Crippen molar-refractivity contribution < 1.29 is 9.90 Å². The Kier molecular flexibility index (Phi) is 2.82. The molecule has 0 aliphatic heterocycles. The van der Waals surface area contributed by atoms with Crippen LogP contribution in [0.3, 0.4) is 0 Å². The molecule has 0 bridgehead atoms. The molecule has 0 aromatic carbocycles. The number of carbonyl (C=O) groups is 1. The van der Waals surface area contributed by atoms with Crippen LogP contribution >= 0.6 is 0 Å². The van der Waals surface area contributed by atoms with Gasteiger partial charge in [0.1, 0.15) is 6.04 Å². The van der Waals surface area contributed by atoms with E-state index in [1.165, 1.54) is 0 Å². The highest BCUT2D eigenvalue weighted by molar-refractivity contribution is 5.73. The molecule has 1 aromatic heterocycles. The van der Waals surface area contributed by atoms with Gasteiger partial charge in [-0.1, -0.05) is 0 Å². The van der Waals surface area contributed by atoms with Gasteiger partial charge in [0.2, 0.25) is 0 Å². The molecular weight excluding hydrogens is 158 g/mol. The van der Waals surface area contributed by atoms with E-state index in [1.54, 1.807) is 19.3 Å². The Morgan fingerprint density at radius 3 is 3.08 bits per heavy atom. The second kappa shape index (κ2) is 3.87. The van der Waals surface area contributed by atoms with E-state index >= 15 is 0 Å². The van der Waals surface area contributed by atoms with Crippen molar-refractivity contribution in [3.05, 3.63) is 18.0 Å². The van der Waals surface area contributed by atoms with Crippen molar-refractivity contribution in [1.29, 1.82) is 0 Å². The van der Waals surface area contributed by atoms with Crippen LogP contribution in [-0.4, -0.2) is 34.4 Å². The third kappa shape index (κ3) is 2.06. The lowest BCUT2D eigenvalue weighted by Gasteiger charge is -2.08. The molecule has 5 nitrogen and oxygen atoms in total. The van der Waals surface area contributed by atoms with Crippen LogP contribution in [0.5, 0.6) is 0 Å². The van der Waals surface area contributed by atoms with Gasteiger partial charge in [-0.15, -0.1) is 0 Å². The maximum absolute atomic E-state index is 10.6. The van der Waals surface area contributed by atoms with Crippen molar-refractivity contribution in [3.63, 3.8) is 0 Å². The fourth-order valence-corrected chi connectivity index (χ4v) is 0.931. The Morgan fingerprint density at radius 1 is 1.92 bits per heavy atom. The summed E-state index contributed by atoms with van der Waals surface area (Å²) in [5.41, 5.74) is 0.816. The highest BCUT2D eigenvalue weighted by Gasteiger charge is 2.15. The lowest BCUT2D eigenvalue weighted by Crippen LogP contribution is -2.35. The fraction of sp³-hybridized carbons (Fsp3) is 0.429. The molecule has 66 valence electrons. The predicted molar refractivity (Wildman–Crippen MR) is 42.8 cm³/mol. The molecule has 0 saturated carbocycles. The van der Waals surface area contributed by atoms with Crippen LogP contribution in [0.4, 0.5) is 0 Å².